The molecular formula is C14H22N4. The molecule has 2 rings (SSSR count). The molecule has 0 saturated heterocycles. The number of rotatable bonds is 5. The molecule has 98 valence electrons. The lowest BCUT2D eigenvalue weighted by molar-refractivity contribution is 0.331. The van der Waals surface area contributed by atoms with Crippen molar-refractivity contribution in [2.24, 2.45) is 4.99 Å². The molecule has 0 spiro atoms. The van der Waals surface area contributed by atoms with E-state index >= 15 is 0 Å². The Hall–Kier alpha value is -1.55. The summed E-state index contributed by atoms with van der Waals surface area (Å²) in [5.74, 6) is 0.940. The summed E-state index contributed by atoms with van der Waals surface area (Å²) in [6, 6.07) is 11.0. The minimum absolute atomic E-state index is 0.467. The zero-order chi connectivity index (χ0) is 12.8. The maximum atomic E-state index is 4.37. The van der Waals surface area contributed by atoms with Crippen molar-refractivity contribution < 1.29 is 0 Å². The Balaban J connectivity index is 1.65. The van der Waals surface area contributed by atoms with Gasteiger partial charge in [-0.15, -0.1) is 0 Å². The second kappa shape index (κ2) is 6.40. The van der Waals surface area contributed by atoms with Gasteiger partial charge in [-0.1, -0.05) is 30.3 Å². The Morgan fingerprint density at radius 2 is 2.17 bits per heavy atom. The zero-order valence-electron chi connectivity index (χ0n) is 11.2. The van der Waals surface area contributed by atoms with E-state index in [1.54, 1.807) is 0 Å². The molecule has 1 unspecified atom stereocenters. The summed E-state index contributed by atoms with van der Waals surface area (Å²) < 4.78 is 0. The summed E-state index contributed by atoms with van der Waals surface area (Å²) in [4.78, 5) is 6.68. The Morgan fingerprint density at radius 3 is 2.83 bits per heavy atom. The van der Waals surface area contributed by atoms with Gasteiger partial charge in [0.05, 0.1) is 6.54 Å². The molecule has 1 aliphatic rings. The first-order valence-electron chi connectivity index (χ1n) is 6.51. The highest BCUT2D eigenvalue weighted by Crippen LogP contribution is 2.01. The topological polar surface area (TPSA) is 39.7 Å². The fraction of sp³-hybridized carbons (Fsp3) is 0.500. The van der Waals surface area contributed by atoms with Gasteiger partial charge in [-0.3, -0.25) is 4.99 Å². The quantitative estimate of drug-likeness (QED) is 0.816. The van der Waals surface area contributed by atoms with Gasteiger partial charge in [-0.05, 0) is 19.5 Å². The van der Waals surface area contributed by atoms with Crippen molar-refractivity contribution in [3.8, 4) is 0 Å². The summed E-state index contributed by atoms with van der Waals surface area (Å²) in [6.45, 7) is 5.92. The van der Waals surface area contributed by atoms with E-state index in [4.69, 9.17) is 0 Å². The highest BCUT2D eigenvalue weighted by Gasteiger charge is 2.11. The summed E-state index contributed by atoms with van der Waals surface area (Å²) in [6.07, 6.45) is 0. The fourth-order valence-electron chi connectivity index (χ4n) is 2.00. The summed E-state index contributed by atoms with van der Waals surface area (Å²) >= 11 is 0. The molecule has 0 radical (unpaired) electrons. The van der Waals surface area contributed by atoms with Crippen LogP contribution in [0.2, 0.25) is 0 Å². The molecule has 0 aliphatic carbocycles. The van der Waals surface area contributed by atoms with E-state index < -0.39 is 0 Å². The third-order valence-corrected chi connectivity index (χ3v) is 2.99. The van der Waals surface area contributed by atoms with Crippen LogP contribution in [0, 0.1) is 0 Å². The van der Waals surface area contributed by atoms with Gasteiger partial charge in [0.25, 0.3) is 0 Å². The van der Waals surface area contributed by atoms with Crippen LogP contribution in [0.25, 0.3) is 0 Å². The minimum Gasteiger partial charge on any atom is -0.355 e. The highest BCUT2D eigenvalue weighted by atomic mass is 15.2. The summed E-state index contributed by atoms with van der Waals surface area (Å²) in [7, 11) is 2.14. The third-order valence-electron chi connectivity index (χ3n) is 2.99. The molecule has 4 heteroatoms. The number of hydrogen-bond acceptors (Lipinski definition) is 4. The predicted octanol–water partition coefficient (Wildman–Crippen LogP) is 1.06. The first kappa shape index (κ1) is 12.9. The van der Waals surface area contributed by atoms with E-state index in [-0.39, 0.29) is 0 Å². The Labute approximate surface area is 109 Å². The molecule has 1 aliphatic heterocycles. The van der Waals surface area contributed by atoms with Crippen molar-refractivity contribution in [3.05, 3.63) is 35.9 Å². The average molecular weight is 246 g/mol. The number of aliphatic imine (C=N–C) groups is 1. The molecule has 1 aromatic carbocycles. The Morgan fingerprint density at radius 1 is 1.39 bits per heavy atom. The SMILES string of the molecule is CC1CN=C(NCCN(C)Cc2ccccc2)N1. The number of benzene rings is 1. The Bertz CT molecular complexity index is 388. The van der Waals surface area contributed by atoms with Gasteiger partial charge in [0.15, 0.2) is 5.96 Å². The number of guanidine groups is 1. The normalized spacial score (nSPS) is 18.6. The number of likely N-dealkylation sites (N-methyl/N-ethyl adjacent to an activating group) is 1. The molecular weight excluding hydrogens is 224 g/mol. The van der Waals surface area contributed by atoms with Crippen molar-refractivity contribution in [2.45, 2.75) is 19.5 Å². The van der Waals surface area contributed by atoms with E-state index in [0.717, 1.165) is 32.1 Å². The molecule has 1 aromatic rings. The van der Waals surface area contributed by atoms with Crippen molar-refractivity contribution in [1.82, 2.24) is 15.5 Å². The maximum Gasteiger partial charge on any atom is 0.191 e. The van der Waals surface area contributed by atoms with Crippen LogP contribution in [0.5, 0.6) is 0 Å². The lowest BCUT2D eigenvalue weighted by atomic mass is 10.2. The van der Waals surface area contributed by atoms with Crippen LogP contribution in [0.3, 0.4) is 0 Å². The predicted molar refractivity (Wildman–Crippen MR) is 75.7 cm³/mol. The Kier molecular flexibility index (Phi) is 4.59. The standard InChI is InChI=1S/C14H22N4/c1-12-10-16-14(17-12)15-8-9-18(2)11-13-6-4-3-5-7-13/h3-7,12H,8-11H2,1-2H3,(H2,15,16,17). The maximum absolute atomic E-state index is 4.37. The molecule has 0 amide bonds. The van der Waals surface area contributed by atoms with Crippen LogP contribution in [0.1, 0.15) is 12.5 Å². The van der Waals surface area contributed by atoms with Crippen LogP contribution in [0.4, 0.5) is 0 Å². The molecule has 4 nitrogen and oxygen atoms in total. The van der Waals surface area contributed by atoms with Crippen LogP contribution >= 0.6 is 0 Å². The number of nitrogens with one attached hydrogen (secondary N) is 2. The van der Waals surface area contributed by atoms with Crippen molar-refractivity contribution >= 4 is 5.96 Å². The third kappa shape index (κ3) is 4.04. The second-order valence-electron chi connectivity index (χ2n) is 4.88. The molecule has 1 atom stereocenters. The molecule has 0 fully saturated rings. The first-order chi connectivity index (χ1) is 8.74. The summed E-state index contributed by atoms with van der Waals surface area (Å²) in [5, 5.41) is 6.62. The van der Waals surface area contributed by atoms with Crippen LogP contribution in [0.15, 0.2) is 35.3 Å². The van der Waals surface area contributed by atoms with Crippen LogP contribution < -0.4 is 10.6 Å². The van der Waals surface area contributed by atoms with Gasteiger partial charge < -0.3 is 15.5 Å². The number of hydrogen-bond donors (Lipinski definition) is 2. The lowest BCUT2D eigenvalue weighted by Crippen LogP contribution is -2.40. The van der Waals surface area contributed by atoms with Gasteiger partial charge in [0.1, 0.15) is 0 Å². The van der Waals surface area contributed by atoms with E-state index in [0.29, 0.717) is 6.04 Å². The molecule has 2 N–H and O–H groups in total. The monoisotopic (exact) mass is 246 g/mol. The average Bonchev–Trinajstić information content (AvgIpc) is 2.76. The van der Waals surface area contributed by atoms with E-state index in [1.807, 2.05) is 0 Å². The molecule has 18 heavy (non-hydrogen) atoms. The van der Waals surface area contributed by atoms with Gasteiger partial charge in [0, 0.05) is 25.7 Å². The van der Waals surface area contributed by atoms with Crippen LogP contribution in [-0.4, -0.2) is 43.6 Å². The second-order valence-corrected chi connectivity index (χ2v) is 4.88. The van der Waals surface area contributed by atoms with Gasteiger partial charge in [-0.2, -0.15) is 0 Å². The fourth-order valence-corrected chi connectivity index (χ4v) is 2.00. The smallest absolute Gasteiger partial charge is 0.191 e. The zero-order valence-corrected chi connectivity index (χ0v) is 11.2. The lowest BCUT2D eigenvalue weighted by Gasteiger charge is -2.17. The van der Waals surface area contributed by atoms with E-state index in [9.17, 15) is 0 Å². The molecule has 1 heterocycles. The van der Waals surface area contributed by atoms with E-state index in [2.05, 4.69) is 64.8 Å². The van der Waals surface area contributed by atoms with Gasteiger partial charge in [-0.25, -0.2) is 0 Å². The molecule has 0 saturated carbocycles. The first-order valence-corrected chi connectivity index (χ1v) is 6.51. The highest BCUT2D eigenvalue weighted by molar-refractivity contribution is 5.81. The summed E-state index contributed by atoms with van der Waals surface area (Å²) in [5.41, 5.74) is 1.35. The van der Waals surface area contributed by atoms with E-state index in [1.165, 1.54) is 5.56 Å². The van der Waals surface area contributed by atoms with Crippen LogP contribution in [-0.2, 0) is 6.54 Å². The molecule has 0 bridgehead atoms. The van der Waals surface area contributed by atoms with Crippen molar-refractivity contribution in [1.29, 1.82) is 0 Å². The molecule has 0 aromatic heterocycles. The van der Waals surface area contributed by atoms with Crippen molar-refractivity contribution in [2.75, 3.05) is 26.7 Å². The van der Waals surface area contributed by atoms with Crippen molar-refractivity contribution in [3.63, 3.8) is 0 Å². The largest absolute Gasteiger partial charge is 0.355 e. The van der Waals surface area contributed by atoms with Gasteiger partial charge in [0.2, 0.25) is 0 Å². The van der Waals surface area contributed by atoms with Gasteiger partial charge >= 0.3 is 0 Å². The minimum atomic E-state index is 0.467. The number of nitrogens with zero attached hydrogens (tertiary/aromatic N) is 2.